The first-order chi connectivity index (χ1) is 10.6. The lowest BCUT2D eigenvalue weighted by Crippen LogP contribution is -2.32. The molecule has 1 aliphatic heterocycles. The van der Waals surface area contributed by atoms with E-state index < -0.39 is 0 Å². The zero-order valence-corrected chi connectivity index (χ0v) is 14.7. The van der Waals surface area contributed by atoms with Crippen molar-refractivity contribution < 1.29 is 0 Å². The first-order valence-electron chi connectivity index (χ1n) is 7.69. The number of hydrogen-bond donors (Lipinski definition) is 1. The predicted octanol–water partition coefficient (Wildman–Crippen LogP) is 3.01. The standard InChI is InChI=1S/C16H22BrN5/c1-21(2)16-18-15(19-20-16)12-7-9-22(10-8-12)11-13-5-3-4-6-14(13)17/h3-6,12H,7-11H2,1-2H3,(H,18,19,20). The van der Waals surface area contributed by atoms with Crippen LogP contribution in [0, 0.1) is 0 Å². The van der Waals surface area contributed by atoms with Gasteiger partial charge in [-0.3, -0.25) is 10.00 Å². The van der Waals surface area contributed by atoms with Gasteiger partial charge < -0.3 is 4.90 Å². The third-order valence-electron chi connectivity index (χ3n) is 4.22. The molecule has 6 heteroatoms. The fourth-order valence-electron chi connectivity index (χ4n) is 2.88. The summed E-state index contributed by atoms with van der Waals surface area (Å²) in [7, 11) is 3.93. The molecule has 0 bridgehead atoms. The molecule has 1 N–H and O–H groups in total. The largest absolute Gasteiger partial charge is 0.346 e. The van der Waals surface area contributed by atoms with Gasteiger partial charge in [0.25, 0.3) is 0 Å². The van der Waals surface area contributed by atoms with Crippen molar-refractivity contribution >= 4 is 21.9 Å². The Bertz CT molecular complexity index is 617. The van der Waals surface area contributed by atoms with Crippen molar-refractivity contribution in [2.75, 3.05) is 32.1 Å². The molecule has 1 aliphatic rings. The van der Waals surface area contributed by atoms with Crippen LogP contribution in [0.25, 0.3) is 0 Å². The molecule has 0 spiro atoms. The number of likely N-dealkylation sites (tertiary alicyclic amines) is 1. The number of hydrogen-bond acceptors (Lipinski definition) is 4. The second-order valence-corrected chi connectivity index (χ2v) is 6.91. The maximum absolute atomic E-state index is 4.59. The van der Waals surface area contributed by atoms with Gasteiger partial charge in [-0.2, -0.15) is 4.98 Å². The molecular formula is C16H22BrN5. The highest BCUT2D eigenvalue weighted by Crippen LogP contribution is 2.28. The van der Waals surface area contributed by atoms with Crippen LogP contribution in [-0.2, 0) is 6.54 Å². The summed E-state index contributed by atoms with van der Waals surface area (Å²) in [5, 5.41) is 7.36. The maximum Gasteiger partial charge on any atom is 0.244 e. The molecule has 2 heterocycles. The number of benzene rings is 1. The number of rotatable bonds is 4. The van der Waals surface area contributed by atoms with Crippen LogP contribution in [0.3, 0.4) is 0 Å². The molecule has 1 aromatic carbocycles. The Morgan fingerprint density at radius 2 is 2.00 bits per heavy atom. The Balaban J connectivity index is 1.57. The number of nitrogens with zero attached hydrogens (tertiary/aromatic N) is 4. The van der Waals surface area contributed by atoms with E-state index in [0.717, 1.165) is 44.2 Å². The number of piperidine rings is 1. The SMILES string of the molecule is CN(C)c1n[nH]c(C2CCN(Cc3ccccc3Br)CC2)n1. The number of H-pyrrole nitrogens is 1. The minimum Gasteiger partial charge on any atom is -0.346 e. The molecule has 1 saturated heterocycles. The molecule has 0 radical (unpaired) electrons. The molecule has 0 aliphatic carbocycles. The lowest BCUT2D eigenvalue weighted by Gasteiger charge is -2.31. The van der Waals surface area contributed by atoms with E-state index in [1.54, 1.807) is 0 Å². The molecule has 5 nitrogen and oxygen atoms in total. The number of aromatic nitrogens is 3. The van der Waals surface area contributed by atoms with E-state index in [0.29, 0.717) is 5.92 Å². The molecule has 2 aromatic rings. The van der Waals surface area contributed by atoms with Gasteiger partial charge in [0.1, 0.15) is 5.82 Å². The molecule has 1 fully saturated rings. The van der Waals surface area contributed by atoms with E-state index >= 15 is 0 Å². The Morgan fingerprint density at radius 3 is 2.64 bits per heavy atom. The summed E-state index contributed by atoms with van der Waals surface area (Å²) in [6.07, 6.45) is 2.26. The Hall–Kier alpha value is -1.40. The van der Waals surface area contributed by atoms with Crippen LogP contribution in [0.4, 0.5) is 5.95 Å². The van der Waals surface area contributed by atoms with Crippen LogP contribution in [0.1, 0.15) is 30.1 Å². The summed E-state index contributed by atoms with van der Waals surface area (Å²) in [6, 6.07) is 8.46. The first-order valence-corrected chi connectivity index (χ1v) is 8.48. The fraction of sp³-hybridized carbons (Fsp3) is 0.500. The van der Waals surface area contributed by atoms with Crippen molar-refractivity contribution in [3.05, 3.63) is 40.1 Å². The molecule has 1 aromatic heterocycles. The van der Waals surface area contributed by atoms with E-state index in [-0.39, 0.29) is 0 Å². The fourth-order valence-corrected chi connectivity index (χ4v) is 3.29. The van der Waals surface area contributed by atoms with Crippen LogP contribution in [0.15, 0.2) is 28.7 Å². The summed E-state index contributed by atoms with van der Waals surface area (Å²) in [6.45, 7) is 3.21. The van der Waals surface area contributed by atoms with Gasteiger partial charge in [0.05, 0.1) is 0 Å². The molecule has 3 rings (SSSR count). The maximum atomic E-state index is 4.59. The van der Waals surface area contributed by atoms with Crippen molar-refractivity contribution in [3.63, 3.8) is 0 Å². The number of anilines is 1. The summed E-state index contributed by atoms with van der Waals surface area (Å²) >= 11 is 3.63. The molecule has 0 atom stereocenters. The third kappa shape index (κ3) is 3.50. The highest BCUT2D eigenvalue weighted by molar-refractivity contribution is 9.10. The number of nitrogens with one attached hydrogen (secondary N) is 1. The van der Waals surface area contributed by atoms with Crippen LogP contribution in [0.2, 0.25) is 0 Å². The second-order valence-electron chi connectivity index (χ2n) is 6.06. The van der Waals surface area contributed by atoms with Crippen molar-refractivity contribution in [3.8, 4) is 0 Å². The van der Waals surface area contributed by atoms with Crippen molar-refractivity contribution in [2.24, 2.45) is 0 Å². The third-order valence-corrected chi connectivity index (χ3v) is 4.99. The summed E-state index contributed by atoms with van der Waals surface area (Å²) in [5.41, 5.74) is 1.36. The lowest BCUT2D eigenvalue weighted by molar-refractivity contribution is 0.201. The number of halogens is 1. The zero-order valence-electron chi connectivity index (χ0n) is 13.1. The highest BCUT2D eigenvalue weighted by atomic mass is 79.9. The van der Waals surface area contributed by atoms with Gasteiger partial charge in [-0.05, 0) is 37.6 Å². The van der Waals surface area contributed by atoms with E-state index in [1.807, 2.05) is 19.0 Å². The van der Waals surface area contributed by atoms with E-state index in [2.05, 4.69) is 60.3 Å². The van der Waals surface area contributed by atoms with E-state index in [1.165, 1.54) is 10.0 Å². The van der Waals surface area contributed by atoms with Crippen LogP contribution in [-0.4, -0.2) is 47.3 Å². The van der Waals surface area contributed by atoms with Gasteiger partial charge in [0.15, 0.2) is 0 Å². The van der Waals surface area contributed by atoms with Crippen molar-refractivity contribution in [1.82, 2.24) is 20.1 Å². The quantitative estimate of drug-likeness (QED) is 0.906. The van der Waals surface area contributed by atoms with Gasteiger partial charge in [0.2, 0.25) is 5.95 Å². The van der Waals surface area contributed by atoms with Gasteiger partial charge >= 0.3 is 0 Å². The molecule has 22 heavy (non-hydrogen) atoms. The molecule has 0 saturated carbocycles. The smallest absolute Gasteiger partial charge is 0.244 e. The van der Waals surface area contributed by atoms with Gasteiger partial charge in [-0.1, -0.05) is 34.1 Å². The lowest BCUT2D eigenvalue weighted by atomic mass is 9.96. The average molecular weight is 364 g/mol. The normalized spacial score (nSPS) is 16.9. The van der Waals surface area contributed by atoms with Gasteiger partial charge in [-0.25, -0.2) is 0 Å². The van der Waals surface area contributed by atoms with E-state index in [4.69, 9.17) is 0 Å². The Kier molecular flexibility index (Phi) is 4.78. The molecule has 0 amide bonds. The second kappa shape index (κ2) is 6.79. The predicted molar refractivity (Wildman–Crippen MR) is 92.1 cm³/mol. The van der Waals surface area contributed by atoms with Crippen LogP contribution >= 0.6 is 15.9 Å². The minimum atomic E-state index is 0.497. The first kappa shape index (κ1) is 15.5. The minimum absolute atomic E-state index is 0.497. The Morgan fingerprint density at radius 1 is 1.27 bits per heavy atom. The highest BCUT2D eigenvalue weighted by Gasteiger charge is 2.23. The van der Waals surface area contributed by atoms with Crippen LogP contribution in [0.5, 0.6) is 0 Å². The summed E-state index contributed by atoms with van der Waals surface area (Å²) in [4.78, 5) is 9.04. The Labute approximate surface area is 139 Å². The van der Waals surface area contributed by atoms with Crippen LogP contribution < -0.4 is 4.90 Å². The van der Waals surface area contributed by atoms with Gasteiger partial charge in [-0.15, -0.1) is 5.10 Å². The summed E-state index contributed by atoms with van der Waals surface area (Å²) < 4.78 is 1.20. The zero-order chi connectivity index (χ0) is 15.5. The van der Waals surface area contributed by atoms with E-state index in [9.17, 15) is 0 Å². The van der Waals surface area contributed by atoms with Gasteiger partial charge in [0, 0.05) is 31.0 Å². The average Bonchev–Trinajstić information content (AvgIpc) is 3.00. The number of aromatic amines is 1. The monoisotopic (exact) mass is 363 g/mol. The van der Waals surface area contributed by atoms with Crippen molar-refractivity contribution in [2.45, 2.75) is 25.3 Å². The topological polar surface area (TPSA) is 48.1 Å². The molecule has 118 valence electrons. The molecular weight excluding hydrogens is 342 g/mol. The molecule has 0 unspecified atom stereocenters. The van der Waals surface area contributed by atoms with Crippen molar-refractivity contribution in [1.29, 1.82) is 0 Å². The summed E-state index contributed by atoms with van der Waals surface area (Å²) in [5.74, 6) is 2.30.